The van der Waals surface area contributed by atoms with Crippen LogP contribution in [0.5, 0.6) is 17.2 Å². The second kappa shape index (κ2) is 12.1. The van der Waals surface area contributed by atoms with Crippen molar-refractivity contribution >= 4 is 64.4 Å². The number of benzene rings is 3. The number of anilines is 1. The van der Waals surface area contributed by atoms with Crippen LogP contribution < -0.4 is 14.4 Å². The molecule has 1 N–H and O–H groups in total. The number of phenols is 1. The molecule has 1 saturated carbocycles. The Morgan fingerprint density at radius 1 is 0.880 bits per heavy atom. The van der Waals surface area contributed by atoms with Gasteiger partial charge in [-0.25, -0.2) is 0 Å². The van der Waals surface area contributed by atoms with Gasteiger partial charge in [0.15, 0.2) is 27.0 Å². The molecular formula is C38H32Cl2N2O8. The molecule has 3 aromatic carbocycles. The first-order valence-electron chi connectivity index (χ1n) is 16.0. The lowest BCUT2D eigenvalue weighted by Crippen LogP contribution is -2.60. The number of nitrogens with zero attached hydrogens (tertiary/aromatic N) is 2. The summed E-state index contributed by atoms with van der Waals surface area (Å²) in [6.07, 6.45) is 5.23. The summed E-state index contributed by atoms with van der Waals surface area (Å²) in [4.78, 5) is 66.9. The normalized spacial score (nSPS) is 28.8. The van der Waals surface area contributed by atoms with Crippen LogP contribution in [-0.4, -0.2) is 70.4 Å². The fraction of sp³-hybridized carbons (Fsp3) is 0.289. The molecule has 0 radical (unpaired) electrons. The van der Waals surface area contributed by atoms with Gasteiger partial charge in [-0.3, -0.25) is 33.8 Å². The SMILES string of the molecule is COc1cc(C=C[C@H]2C3=CC[C@@H]4C(=O)N(c5ccc(C(=O)c6ccccc6)cc5)C(=O)[C@@H]4[C@@H]3C[C@@]3(Cl)C(=O)N(C)C(=O)[C@@]23Cl)cc(OC)c1O. The average molecular weight is 716 g/mol. The lowest BCUT2D eigenvalue weighted by Gasteiger charge is -2.49. The number of alkyl halides is 2. The first kappa shape index (κ1) is 33.6. The quantitative estimate of drug-likeness (QED) is 0.150. The largest absolute Gasteiger partial charge is 0.502 e. The number of ether oxygens (including phenoxy) is 2. The van der Waals surface area contributed by atoms with E-state index in [4.69, 9.17) is 32.7 Å². The van der Waals surface area contributed by atoms with Crippen LogP contribution in [0.25, 0.3) is 6.08 Å². The Kier molecular flexibility index (Phi) is 8.15. The lowest BCUT2D eigenvalue weighted by molar-refractivity contribution is -0.138. The number of hydrogen-bond acceptors (Lipinski definition) is 8. The van der Waals surface area contributed by atoms with E-state index in [1.165, 1.54) is 21.3 Å². The van der Waals surface area contributed by atoms with Gasteiger partial charge in [0, 0.05) is 24.1 Å². The van der Waals surface area contributed by atoms with Gasteiger partial charge in [-0.2, -0.15) is 0 Å². The van der Waals surface area contributed by atoms with Crippen LogP contribution in [0.15, 0.2) is 84.5 Å². The topological polar surface area (TPSA) is 131 Å². The summed E-state index contributed by atoms with van der Waals surface area (Å²) in [7, 11) is 4.12. The highest BCUT2D eigenvalue weighted by Gasteiger charge is 2.75. The molecule has 10 nitrogen and oxygen atoms in total. The maximum Gasteiger partial charge on any atom is 0.253 e. The van der Waals surface area contributed by atoms with E-state index in [2.05, 4.69) is 0 Å². The van der Waals surface area contributed by atoms with Gasteiger partial charge < -0.3 is 14.6 Å². The van der Waals surface area contributed by atoms with E-state index in [0.29, 0.717) is 28.0 Å². The zero-order valence-electron chi connectivity index (χ0n) is 27.3. The molecule has 4 aliphatic rings. The number of phenolic OH excluding ortho intramolecular Hbond substituents is 1. The van der Waals surface area contributed by atoms with Crippen molar-refractivity contribution < 1.29 is 38.6 Å². The summed E-state index contributed by atoms with van der Waals surface area (Å²) in [6, 6.07) is 18.2. The number of methoxy groups -OCH3 is 2. The Morgan fingerprint density at radius 3 is 2.12 bits per heavy atom. The smallest absolute Gasteiger partial charge is 0.253 e. The molecular weight excluding hydrogens is 683 g/mol. The number of carbonyl (C=O) groups is 5. The number of amides is 4. The molecule has 3 aromatic rings. The number of carbonyl (C=O) groups excluding carboxylic acids is 5. The van der Waals surface area contributed by atoms with E-state index in [1.807, 2.05) is 12.1 Å². The molecule has 6 atom stereocenters. The third kappa shape index (κ3) is 4.72. The predicted octanol–water partition coefficient (Wildman–Crippen LogP) is 5.38. The average Bonchev–Trinajstić information content (AvgIpc) is 3.46. The Morgan fingerprint density at radius 2 is 1.50 bits per heavy atom. The van der Waals surface area contributed by atoms with Crippen LogP contribution in [0.1, 0.15) is 34.3 Å². The predicted molar refractivity (Wildman–Crippen MR) is 185 cm³/mol. The van der Waals surface area contributed by atoms with Crippen LogP contribution in [-0.2, 0) is 19.2 Å². The maximum absolute atomic E-state index is 14.3. The molecule has 4 amide bonds. The van der Waals surface area contributed by atoms with Gasteiger partial charge in [-0.05, 0) is 60.7 Å². The van der Waals surface area contributed by atoms with Crippen molar-refractivity contribution in [1.82, 2.24) is 4.90 Å². The third-order valence-corrected chi connectivity index (χ3v) is 11.9. The molecule has 2 aliphatic heterocycles. The molecule has 0 bridgehead atoms. The summed E-state index contributed by atoms with van der Waals surface area (Å²) < 4.78 is 10.6. The van der Waals surface area contributed by atoms with E-state index in [1.54, 1.807) is 72.8 Å². The fourth-order valence-electron chi connectivity index (χ4n) is 7.98. The summed E-state index contributed by atoms with van der Waals surface area (Å²) >= 11 is 14.4. The second-order valence-corrected chi connectivity index (χ2v) is 14.2. The highest BCUT2D eigenvalue weighted by atomic mass is 35.5. The number of aromatic hydroxyl groups is 1. The minimum absolute atomic E-state index is 0.136. The number of allylic oxidation sites excluding steroid dienone is 3. The standard InChI is InChI=1S/C38H32Cl2N2O8/c1-41-35(47)37(39)19-26-24(27(38(37,40)36(41)48)16-9-20-17-28(49-2)32(44)29(18-20)50-3)14-15-25-30(26)34(46)42(33(25)45)23-12-10-22(11-13-23)31(43)21-7-5-4-6-8-21/h4-14,16-18,25-27,30,44H,15,19H2,1-3H3/t25-,26+,27-,30-,37+,38-/m0/s1. The van der Waals surface area contributed by atoms with Crippen LogP contribution in [0, 0.1) is 23.7 Å². The highest BCUT2D eigenvalue weighted by molar-refractivity contribution is 6.53. The monoisotopic (exact) mass is 714 g/mol. The van der Waals surface area contributed by atoms with Gasteiger partial charge in [0.25, 0.3) is 11.8 Å². The number of hydrogen-bond donors (Lipinski definition) is 1. The van der Waals surface area contributed by atoms with Crippen molar-refractivity contribution in [2.24, 2.45) is 23.7 Å². The molecule has 0 aromatic heterocycles. The zero-order chi connectivity index (χ0) is 35.7. The molecule has 12 heteroatoms. The van der Waals surface area contributed by atoms with Crippen molar-refractivity contribution in [1.29, 1.82) is 0 Å². The van der Waals surface area contributed by atoms with Gasteiger partial charge in [0.05, 0.1) is 31.7 Å². The van der Waals surface area contributed by atoms with Crippen molar-refractivity contribution in [3.05, 3.63) is 101 Å². The van der Waals surface area contributed by atoms with Gasteiger partial charge >= 0.3 is 0 Å². The summed E-state index contributed by atoms with van der Waals surface area (Å²) in [5, 5.41) is 10.4. The van der Waals surface area contributed by atoms with Crippen molar-refractivity contribution in [3.8, 4) is 17.2 Å². The fourth-order valence-corrected chi connectivity index (χ4v) is 8.96. The van der Waals surface area contributed by atoms with Crippen LogP contribution in [0.4, 0.5) is 5.69 Å². The van der Waals surface area contributed by atoms with E-state index >= 15 is 0 Å². The Labute approximate surface area is 297 Å². The molecule has 2 saturated heterocycles. The molecule has 2 heterocycles. The molecule has 256 valence electrons. The molecule has 0 spiro atoms. The van der Waals surface area contributed by atoms with Crippen LogP contribution in [0.2, 0.25) is 0 Å². The van der Waals surface area contributed by atoms with Gasteiger partial charge in [0.1, 0.15) is 0 Å². The van der Waals surface area contributed by atoms with Crippen molar-refractivity contribution in [2.75, 3.05) is 26.2 Å². The Hall–Kier alpha value is -4.93. The summed E-state index contributed by atoms with van der Waals surface area (Å²) in [5.74, 6) is -5.54. The number of likely N-dealkylation sites (tertiary alicyclic amines) is 1. The Balaban J connectivity index is 1.26. The lowest BCUT2D eigenvalue weighted by atomic mass is 9.57. The number of fused-ring (bicyclic) bond motifs is 4. The Bertz CT molecular complexity index is 2000. The number of halogens is 2. The van der Waals surface area contributed by atoms with E-state index in [-0.39, 0.29) is 35.9 Å². The molecule has 7 rings (SSSR count). The molecule has 50 heavy (non-hydrogen) atoms. The molecule has 3 fully saturated rings. The third-order valence-electron chi connectivity index (χ3n) is 10.5. The summed E-state index contributed by atoms with van der Waals surface area (Å²) in [6.45, 7) is 0. The van der Waals surface area contributed by atoms with Gasteiger partial charge in [-0.1, -0.05) is 54.1 Å². The van der Waals surface area contributed by atoms with E-state index < -0.39 is 57.0 Å². The first-order chi connectivity index (χ1) is 23.9. The number of imide groups is 2. The van der Waals surface area contributed by atoms with E-state index in [0.717, 1.165) is 9.80 Å². The van der Waals surface area contributed by atoms with Gasteiger partial charge in [0.2, 0.25) is 17.6 Å². The van der Waals surface area contributed by atoms with Crippen molar-refractivity contribution in [3.63, 3.8) is 0 Å². The minimum Gasteiger partial charge on any atom is -0.502 e. The number of rotatable bonds is 7. The van der Waals surface area contributed by atoms with E-state index in [9.17, 15) is 29.1 Å². The van der Waals surface area contributed by atoms with Crippen molar-refractivity contribution in [2.45, 2.75) is 22.6 Å². The van der Waals surface area contributed by atoms with Crippen LogP contribution in [0.3, 0.4) is 0 Å². The van der Waals surface area contributed by atoms with Gasteiger partial charge in [-0.15, -0.1) is 23.2 Å². The molecule has 0 unspecified atom stereocenters. The zero-order valence-corrected chi connectivity index (χ0v) is 28.8. The van der Waals surface area contributed by atoms with Crippen LogP contribution >= 0.6 is 23.2 Å². The summed E-state index contributed by atoms with van der Waals surface area (Å²) in [5.41, 5.74) is 2.41. The minimum atomic E-state index is -1.93. The maximum atomic E-state index is 14.3. The first-order valence-corrected chi connectivity index (χ1v) is 16.7. The second-order valence-electron chi connectivity index (χ2n) is 12.9. The number of ketones is 1. The highest BCUT2D eigenvalue weighted by Crippen LogP contribution is 2.63. The molecule has 2 aliphatic carbocycles.